The molecule has 1 amide bonds. The van der Waals surface area contributed by atoms with Crippen LogP contribution >= 0.6 is 0 Å². The molecule has 1 atom stereocenters. The lowest BCUT2D eigenvalue weighted by molar-refractivity contribution is -0.384. The minimum atomic E-state index is -0.448. The van der Waals surface area contributed by atoms with E-state index in [1.807, 2.05) is 31.2 Å². The molecule has 35 heavy (non-hydrogen) atoms. The van der Waals surface area contributed by atoms with Crippen molar-refractivity contribution in [3.05, 3.63) is 99.4 Å². The standard InChI is InChI=1S/C27H31N5O3/c1-20-8-3-4-9-23(20)19-30-14-7-15-31(17-16-30)27(33)22-11-12-25(26(18-22)32(34)35)29-21(2)24-10-5-6-13-28-24/h3-6,8-13,18,21,29H,7,14-17,19H2,1-2H3. The lowest BCUT2D eigenvalue weighted by Gasteiger charge is -2.23. The fraction of sp³-hybridized carbons (Fsp3) is 0.333. The van der Waals surface area contributed by atoms with Gasteiger partial charge >= 0.3 is 0 Å². The summed E-state index contributed by atoms with van der Waals surface area (Å²) in [7, 11) is 0. The maximum atomic E-state index is 13.3. The number of nitro benzene ring substituents is 1. The molecule has 8 nitrogen and oxygen atoms in total. The average Bonchev–Trinajstić information content (AvgIpc) is 3.11. The van der Waals surface area contributed by atoms with Crippen molar-refractivity contribution < 1.29 is 9.72 Å². The summed E-state index contributed by atoms with van der Waals surface area (Å²) >= 11 is 0. The molecule has 1 aromatic heterocycles. The average molecular weight is 474 g/mol. The molecule has 1 saturated heterocycles. The SMILES string of the molecule is Cc1ccccc1CN1CCCN(C(=O)c2ccc(NC(C)c3ccccn3)c([N+](=O)[O-])c2)CC1. The van der Waals surface area contributed by atoms with Crippen LogP contribution in [0.5, 0.6) is 0 Å². The van der Waals surface area contributed by atoms with Gasteiger partial charge < -0.3 is 10.2 Å². The molecule has 0 bridgehead atoms. The van der Waals surface area contributed by atoms with Crippen LogP contribution in [0.4, 0.5) is 11.4 Å². The summed E-state index contributed by atoms with van der Waals surface area (Å²) in [4.78, 5) is 33.1. The van der Waals surface area contributed by atoms with Crippen LogP contribution in [0.1, 0.15) is 46.6 Å². The minimum Gasteiger partial charge on any atom is -0.371 e. The van der Waals surface area contributed by atoms with Crippen molar-refractivity contribution in [1.29, 1.82) is 0 Å². The van der Waals surface area contributed by atoms with Crippen LogP contribution in [0.2, 0.25) is 0 Å². The molecule has 1 aliphatic heterocycles. The molecular weight excluding hydrogens is 442 g/mol. The first-order valence-corrected chi connectivity index (χ1v) is 11.9. The molecule has 8 heteroatoms. The smallest absolute Gasteiger partial charge is 0.293 e. The molecule has 0 aliphatic carbocycles. The van der Waals surface area contributed by atoms with Gasteiger partial charge in [-0.2, -0.15) is 0 Å². The van der Waals surface area contributed by atoms with E-state index in [0.717, 1.165) is 31.7 Å². The van der Waals surface area contributed by atoms with Crippen molar-refractivity contribution in [2.45, 2.75) is 32.9 Å². The number of hydrogen-bond acceptors (Lipinski definition) is 6. The highest BCUT2D eigenvalue weighted by Crippen LogP contribution is 2.29. The van der Waals surface area contributed by atoms with Crippen molar-refractivity contribution >= 4 is 17.3 Å². The molecule has 2 aromatic carbocycles. The number of aromatic nitrogens is 1. The Morgan fingerprint density at radius 3 is 2.63 bits per heavy atom. The largest absolute Gasteiger partial charge is 0.371 e. The third kappa shape index (κ3) is 6.02. The number of pyridine rings is 1. The molecule has 1 aliphatic rings. The van der Waals surface area contributed by atoms with E-state index < -0.39 is 4.92 Å². The van der Waals surface area contributed by atoms with E-state index in [4.69, 9.17) is 0 Å². The van der Waals surface area contributed by atoms with Crippen LogP contribution in [-0.2, 0) is 6.54 Å². The number of nitro groups is 1. The fourth-order valence-corrected chi connectivity index (χ4v) is 4.42. The van der Waals surface area contributed by atoms with Crippen molar-refractivity contribution in [3.8, 4) is 0 Å². The Balaban J connectivity index is 1.44. The highest BCUT2D eigenvalue weighted by atomic mass is 16.6. The molecule has 1 N–H and O–H groups in total. The lowest BCUT2D eigenvalue weighted by Crippen LogP contribution is -2.35. The van der Waals surface area contributed by atoms with Crippen LogP contribution in [0.15, 0.2) is 66.9 Å². The molecule has 3 aromatic rings. The van der Waals surface area contributed by atoms with Crippen LogP contribution < -0.4 is 5.32 Å². The van der Waals surface area contributed by atoms with Crippen molar-refractivity contribution in [2.24, 2.45) is 0 Å². The molecule has 1 unspecified atom stereocenters. The quantitative estimate of drug-likeness (QED) is 0.391. The molecule has 182 valence electrons. The predicted octanol–water partition coefficient (Wildman–Crippen LogP) is 4.82. The number of nitrogens with zero attached hydrogens (tertiary/aromatic N) is 4. The number of carbonyl (C=O) groups excluding carboxylic acids is 1. The van der Waals surface area contributed by atoms with Gasteiger partial charge in [-0.05, 0) is 55.7 Å². The number of rotatable bonds is 7. The van der Waals surface area contributed by atoms with Crippen molar-refractivity contribution in [1.82, 2.24) is 14.8 Å². The van der Waals surface area contributed by atoms with Gasteiger partial charge in [-0.25, -0.2) is 0 Å². The summed E-state index contributed by atoms with van der Waals surface area (Å²) in [6.07, 6.45) is 2.55. The molecule has 0 radical (unpaired) electrons. The van der Waals surface area contributed by atoms with Gasteiger partial charge in [0, 0.05) is 50.6 Å². The summed E-state index contributed by atoms with van der Waals surface area (Å²) in [5.74, 6) is -0.171. The maximum Gasteiger partial charge on any atom is 0.293 e. The topological polar surface area (TPSA) is 91.6 Å². The second kappa shape index (κ2) is 11.1. The van der Waals surface area contributed by atoms with E-state index >= 15 is 0 Å². The lowest BCUT2D eigenvalue weighted by atomic mass is 10.1. The number of nitrogens with one attached hydrogen (secondary N) is 1. The van der Waals surface area contributed by atoms with E-state index in [0.29, 0.717) is 24.3 Å². The Labute approximate surface area is 205 Å². The molecule has 0 spiro atoms. The van der Waals surface area contributed by atoms with Gasteiger partial charge in [-0.3, -0.25) is 24.8 Å². The first kappa shape index (κ1) is 24.3. The van der Waals surface area contributed by atoms with Gasteiger partial charge in [0.1, 0.15) is 5.69 Å². The van der Waals surface area contributed by atoms with E-state index in [9.17, 15) is 14.9 Å². The number of amides is 1. The molecular formula is C27H31N5O3. The third-order valence-electron chi connectivity index (χ3n) is 6.48. The Bertz CT molecular complexity index is 1180. The Hall–Kier alpha value is -3.78. The minimum absolute atomic E-state index is 0.116. The Morgan fingerprint density at radius 1 is 1.09 bits per heavy atom. The van der Waals surface area contributed by atoms with Gasteiger partial charge in [0.15, 0.2) is 0 Å². The van der Waals surface area contributed by atoms with Crippen molar-refractivity contribution in [3.63, 3.8) is 0 Å². The van der Waals surface area contributed by atoms with Crippen LogP contribution in [0.25, 0.3) is 0 Å². The summed E-state index contributed by atoms with van der Waals surface area (Å²) in [5.41, 5.74) is 3.93. The van der Waals surface area contributed by atoms with E-state index in [1.165, 1.54) is 17.2 Å². The van der Waals surface area contributed by atoms with E-state index in [-0.39, 0.29) is 17.6 Å². The van der Waals surface area contributed by atoms with Crippen molar-refractivity contribution in [2.75, 3.05) is 31.5 Å². The van der Waals surface area contributed by atoms with Gasteiger partial charge in [0.2, 0.25) is 0 Å². The van der Waals surface area contributed by atoms with Crippen LogP contribution in [-0.4, -0.2) is 51.8 Å². The first-order valence-electron chi connectivity index (χ1n) is 11.9. The molecule has 1 fully saturated rings. The highest BCUT2D eigenvalue weighted by Gasteiger charge is 2.24. The van der Waals surface area contributed by atoms with E-state index in [1.54, 1.807) is 23.2 Å². The number of benzene rings is 2. The maximum absolute atomic E-state index is 13.3. The number of aryl methyl sites for hydroxylation is 1. The molecule has 2 heterocycles. The normalized spacial score (nSPS) is 15.3. The van der Waals surface area contributed by atoms with Gasteiger partial charge in [0.25, 0.3) is 11.6 Å². The zero-order valence-electron chi connectivity index (χ0n) is 20.2. The van der Waals surface area contributed by atoms with Gasteiger partial charge in [-0.1, -0.05) is 30.3 Å². The number of hydrogen-bond donors (Lipinski definition) is 1. The predicted molar refractivity (Wildman–Crippen MR) is 136 cm³/mol. The summed E-state index contributed by atoms with van der Waals surface area (Å²) in [6.45, 7) is 7.77. The third-order valence-corrected chi connectivity index (χ3v) is 6.48. The summed E-state index contributed by atoms with van der Waals surface area (Å²) < 4.78 is 0. The fourth-order valence-electron chi connectivity index (χ4n) is 4.42. The number of anilines is 1. The van der Waals surface area contributed by atoms with Crippen LogP contribution in [0.3, 0.4) is 0 Å². The summed E-state index contributed by atoms with van der Waals surface area (Å²) in [5, 5.41) is 15.0. The molecule has 0 saturated carbocycles. The number of carbonyl (C=O) groups is 1. The van der Waals surface area contributed by atoms with Gasteiger partial charge in [0.05, 0.1) is 16.7 Å². The Kier molecular flexibility index (Phi) is 7.72. The molecule has 4 rings (SSSR count). The van der Waals surface area contributed by atoms with Crippen LogP contribution in [0, 0.1) is 17.0 Å². The zero-order valence-corrected chi connectivity index (χ0v) is 20.2. The van der Waals surface area contributed by atoms with E-state index in [2.05, 4.69) is 40.3 Å². The first-order chi connectivity index (χ1) is 16.9. The monoisotopic (exact) mass is 473 g/mol. The second-order valence-electron chi connectivity index (χ2n) is 8.96. The summed E-state index contributed by atoms with van der Waals surface area (Å²) in [6, 6.07) is 18.4. The van der Waals surface area contributed by atoms with Gasteiger partial charge in [-0.15, -0.1) is 0 Å². The second-order valence-corrected chi connectivity index (χ2v) is 8.96. The zero-order chi connectivity index (χ0) is 24.8. The Morgan fingerprint density at radius 2 is 1.89 bits per heavy atom. The highest BCUT2D eigenvalue weighted by molar-refractivity contribution is 5.95.